The molecule has 0 atom stereocenters. The van der Waals surface area contributed by atoms with Crippen molar-refractivity contribution < 1.29 is 4.74 Å². The van der Waals surface area contributed by atoms with Gasteiger partial charge in [-0.1, -0.05) is 19.3 Å². The van der Waals surface area contributed by atoms with E-state index in [-0.39, 0.29) is 12.4 Å². The Kier molecular flexibility index (Phi) is 4.33. The lowest BCUT2D eigenvalue weighted by Crippen LogP contribution is -2.50. The van der Waals surface area contributed by atoms with E-state index < -0.39 is 0 Å². The van der Waals surface area contributed by atoms with Crippen molar-refractivity contribution in [1.29, 1.82) is 0 Å². The fourth-order valence-electron chi connectivity index (χ4n) is 1.93. The van der Waals surface area contributed by atoms with Crippen LogP contribution in [0.4, 0.5) is 0 Å². The van der Waals surface area contributed by atoms with Gasteiger partial charge in [0.25, 0.3) is 0 Å². The second-order valence-corrected chi connectivity index (χ2v) is 3.74. The fourth-order valence-corrected chi connectivity index (χ4v) is 1.93. The summed E-state index contributed by atoms with van der Waals surface area (Å²) >= 11 is 0. The smallest absolute Gasteiger partial charge is 0.0643 e. The molecule has 1 saturated heterocycles. The molecule has 0 bridgehead atoms. The van der Waals surface area contributed by atoms with E-state index in [4.69, 9.17) is 4.74 Å². The largest absolute Gasteiger partial charge is 0.378 e. The van der Waals surface area contributed by atoms with E-state index in [9.17, 15) is 0 Å². The van der Waals surface area contributed by atoms with Crippen molar-refractivity contribution in [1.82, 2.24) is 5.32 Å². The Balaban J connectivity index is 0.000000720. The molecule has 0 aromatic heterocycles. The van der Waals surface area contributed by atoms with Crippen LogP contribution in [-0.2, 0) is 4.74 Å². The molecule has 12 heavy (non-hydrogen) atoms. The summed E-state index contributed by atoms with van der Waals surface area (Å²) in [5, 5.41) is 3.63. The zero-order chi connectivity index (χ0) is 7.52. The van der Waals surface area contributed by atoms with Crippen LogP contribution in [0, 0.1) is 0 Å². The van der Waals surface area contributed by atoms with Crippen molar-refractivity contribution in [3.63, 3.8) is 0 Å². The summed E-state index contributed by atoms with van der Waals surface area (Å²) in [6, 6.07) is 1.48. The predicted molar refractivity (Wildman–Crippen MR) is 51.9 cm³/mol. The van der Waals surface area contributed by atoms with E-state index in [2.05, 4.69) is 5.32 Å². The van der Waals surface area contributed by atoms with Crippen molar-refractivity contribution >= 4 is 12.4 Å². The van der Waals surface area contributed by atoms with Crippen molar-refractivity contribution in [3.05, 3.63) is 0 Å². The SMILES string of the molecule is C1CCC(NC2COC2)CC1.Cl. The molecular weight excluding hydrogens is 174 g/mol. The Hall–Kier alpha value is 0.210. The molecule has 1 aliphatic heterocycles. The van der Waals surface area contributed by atoms with Crippen molar-refractivity contribution in [2.24, 2.45) is 0 Å². The van der Waals surface area contributed by atoms with Crippen LogP contribution in [-0.4, -0.2) is 25.3 Å². The van der Waals surface area contributed by atoms with Crippen LogP contribution in [0.25, 0.3) is 0 Å². The fraction of sp³-hybridized carbons (Fsp3) is 1.00. The topological polar surface area (TPSA) is 21.3 Å². The highest BCUT2D eigenvalue weighted by molar-refractivity contribution is 5.85. The number of rotatable bonds is 2. The van der Waals surface area contributed by atoms with E-state index in [0.29, 0.717) is 6.04 Å². The maximum Gasteiger partial charge on any atom is 0.0643 e. The first kappa shape index (κ1) is 10.3. The number of halogens is 1. The molecule has 0 aromatic rings. The Labute approximate surface area is 80.5 Å². The molecule has 2 aliphatic rings. The van der Waals surface area contributed by atoms with Gasteiger partial charge in [-0.2, -0.15) is 0 Å². The zero-order valence-electron chi connectivity index (χ0n) is 7.42. The Morgan fingerprint density at radius 1 is 0.917 bits per heavy atom. The summed E-state index contributed by atoms with van der Waals surface area (Å²) in [4.78, 5) is 0. The third-order valence-corrected chi connectivity index (χ3v) is 2.71. The summed E-state index contributed by atoms with van der Waals surface area (Å²) in [5.41, 5.74) is 0. The Bertz CT molecular complexity index is 122. The molecular formula is C9H18ClNO. The van der Waals surface area contributed by atoms with Gasteiger partial charge in [-0.25, -0.2) is 0 Å². The Morgan fingerprint density at radius 2 is 1.58 bits per heavy atom. The van der Waals surface area contributed by atoms with Gasteiger partial charge >= 0.3 is 0 Å². The predicted octanol–water partition coefficient (Wildman–Crippen LogP) is 1.73. The van der Waals surface area contributed by atoms with E-state index in [0.717, 1.165) is 19.3 Å². The molecule has 2 rings (SSSR count). The molecule has 1 N–H and O–H groups in total. The maximum atomic E-state index is 5.11. The molecule has 2 fully saturated rings. The van der Waals surface area contributed by atoms with Crippen LogP contribution in [0.1, 0.15) is 32.1 Å². The normalized spacial score (nSPS) is 26.0. The quantitative estimate of drug-likeness (QED) is 0.718. The second-order valence-electron chi connectivity index (χ2n) is 3.74. The van der Waals surface area contributed by atoms with Gasteiger partial charge in [-0.15, -0.1) is 12.4 Å². The van der Waals surface area contributed by atoms with E-state index >= 15 is 0 Å². The molecule has 0 aromatic carbocycles. The van der Waals surface area contributed by atoms with Crippen LogP contribution < -0.4 is 5.32 Å². The van der Waals surface area contributed by atoms with Crippen LogP contribution in [0.15, 0.2) is 0 Å². The second kappa shape index (κ2) is 5.05. The Morgan fingerprint density at radius 3 is 2.08 bits per heavy atom. The van der Waals surface area contributed by atoms with E-state index in [1.54, 1.807) is 0 Å². The van der Waals surface area contributed by atoms with Gasteiger partial charge in [0, 0.05) is 6.04 Å². The molecule has 1 saturated carbocycles. The van der Waals surface area contributed by atoms with Crippen molar-refractivity contribution in [2.45, 2.75) is 44.2 Å². The molecule has 72 valence electrons. The van der Waals surface area contributed by atoms with Crippen molar-refractivity contribution in [2.75, 3.05) is 13.2 Å². The van der Waals surface area contributed by atoms with E-state index in [1.165, 1.54) is 32.1 Å². The average molecular weight is 192 g/mol. The first-order valence-corrected chi connectivity index (χ1v) is 4.79. The lowest BCUT2D eigenvalue weighted by Gasteiger charge is -2.33. The lowest BCUT2D eigenvalue weighted by atomic mass is 9.95. The summed E-state index contributed by atoms with van der Waals surface area (Å²) in [5.74, 6) is 0. The van der Waals surface area contributed by atoms with Gasteiger partial charge in [0.2, 0.25) is 0 Å². The number of nitrogens with one attached hydrogen (secondary N) is 1. The molecule has 1 aliphatic carbocycles. The highest BCUT2D eigenvalue weighted by atomic mass is 35.5. The monoisotopic (exact) mass is 191 g/mol. The number of ether oxygens (including phenoxy) is 1. The van der Waals surface area contributed by atoms with Gasteiger partial charge < -0.3 is 10.1 Å². The summed E-state index contributed by atoms with van der Waals surface area (Å²) in [6.45, 7) is 1.88. The highest BCUT2D eigenvalue weighted by Crippen LogP contribution is 2.18. The van der Waals surface area contributed by atoms with E-state index in [1.807, 2.05) is 0 Å². The van der Waals surface area contributed by atoms with Gasteiger partial charge in [0.05, 0.1) is 19.3 Å². The zero-order valence-corrected chi connectivity index (χ0v) is 8.24. The summed E-state index contributed by atoms with van der Waals surface area (Å²) in [7, 11) is 0. The average Bonchev–Trinajstić information content (AvgIpc) is 1.99. The van der Waals surface area contributed by atoms with Crippen molar-refractivity contribution in [3.8, 4) is 0 Å². The molecule has 2 nitrogen and oxygen atoms in total. The molecule has 3 heteroatoms. The van der Waals surface area contributed by atoms with Crippen LogP contribution in [0.5, 0.6) is 0 Å². The lowest BCUT2D eigenvalue weighted by molar-refractivity contribution is -0.0118. The van der Waals surface area contributed by atoms with Crippen LogP contribution in [0.2, 0.25) is 0 Å². The minimum Gasteiger partial charge on any atom is -0.378 e. The summed E-state index contributed by atoms with van der Waals surface area (Å²) in [6.07, 6.45) is 7.06. The highest BCUT2D eigenvalue weighted by Gasteiger charge is 2.22. The van der Waals surface area contributed by atoms with Crippen LogP contribution >= 0.6 is 12.4 Å². The first-order chi connectivity index (χ1) is 5.45. The minimum atomic E-state index is 0. The van der Waals surface area contributed by atoms with Crippen LogP contribution in [0.3, 0.4) is 0 Å². The third kappa shape index (κ3) is 2.61. The van der Waals surface area contributed by atoms with Gasteiger partial charge in [0.1, 0.15) is 0 Å². The number of hydrogen-bond donors (Lipinski definition) is 1. The summed E-state index contributed by atoms with van der Waals surface area (Å²) < 4.78 is 5.11. The van der Waals surface area contributed by atoms with Gasteiger partial charge in [-0.05, 0) is 12.8 Å². The molecule has 0 amide bonds. The first-order valence-electron chi connectivity index (χ1n) is 4.79. The van der Waals surface area contributed by atoms with Gasteiger partial charge in [0.15, 0.2) is 0 Å². The van der Waals surface area contributed by atoms with Gasteiger partial charge in [-0.3, -0.25) is 0 Å². The third-order valence-electron chi connectivity index (χ3n) is 2.71. The maximum absolute atomic E-state index is 5.11. The molecule has 0 radical (unpaired) electrons. The molecule has 0 unspecified atom stereocenters. The molecule has 0 spiro atoms. The standard InChI is InChI=1S/C9H17NO.ClH/c1-2-4-8(5-3-1)10-9-6-11-7-9;/h8-10H,1-7H2;1H. The minimum absolute atomic E-state index is 0. The number of hydrogen-bond acceptors (Lipinski definition) is 2. The molecule has 1 heterocycles.